The Balaban J connectivity index is 2.14. The van der Waals surface area contributed by atoms with Crippen LogP contribution in [0.5, 0.6) is 0 Å². The van der Waals surface area contributed by atoms with Gasteiger partial charge in [-0.15, -0.1) is 0 Å². The number of fused-ring (bicyclic) bond motifs is 1. The van der Waals surface area contributed by atoms with Gasteiger partial charge in [-0.3, -0.25) is 4.79 Å². The van der Waals surface area contributed by atoms with E-state index in [9.17, 15) is 4.79 Å². The van der Waals surface area contributed by atoms with E-state index in [2.05, 4.69) is 18.2 Å². The second kappa shape index (κ2) is 5.66. The molecule has 3 aromatic rings. The lowest BCUT2D eigenvalue weighted by molar-refractivity contribution is -0.138. The minimum Gasteiger partial charge on any atom is -0.480 e. The molecule has 22 heavy (non-hydrogen) atoms. The van der Waals surface area contributed by atoms with Crippen LogP contribution < -0.4 is 5.73 Å². The summed E-state index contributed by atoms with van der Waals surface area (Å²) in [4.78, 5) is 11.0. The Morgan fingerprint density at radius 3 is 2.59 bits per heavy atom. The van der Waals surface area contributed by atoms with Gasteiger partial charge in [0, 0.05) is 30.6 Å². The summed E-state index contributed by atoms with van der Waals surface area (Å²) in [5, 5.41) is 10.1. The van der Waals surface area contributed by atoms with E-state index in [1.165, 1.54) is 0 Å². The van der Waals surface area contributed by atoms with Crippen LogP contribution in [0.15, 0.2) is 54.7 Å². The number of aliphatic carboxylic acids is 1. The first-order valence-corrected chi connectivity index (χ1v) is 7.18. The van der Waals surface area contributed by atoms with Crippen molar-refractivity contribution in [2.75, 3.05) is 0 Å². The molecule has 1 unspecified atom stereocenters. The highest BCUT2D eigenvalue weighted by molar-refractivity contribution is 5.97. The molecule has 0 spiro atoms. The molecule has 0 saturated carbocycles. The predicted octanol–water partition coefficient (Wildman–Crippen LogP) is 2.80. The van der Waals surface area contributed by atoms with E-state index in [0.29, 0.717) is 6.42 Å². The van der Waals surface area contributed by atoms with Crippen LogP contribution in [0.1, 0.15) is 5.56 Å². The molecule has 0 saturated heterocycles. The number of hydrogen-bond donors (Lipinski definition) is 2. The summed E-state index contributed by atoms with van der Waals surface area (Å²) < 4.78 is 2.04. The summed E-state index contributed by atoms with van der Waals surface area (Å²) in [6, 6.07) is 15.4. The number of carboxylic acid groups (broad SMARTS) is 1. The summed E-state index contributed by atoms with van der Waals surface area (Å²) >= 11 is 0. The standard InChI is InChI=1S/C18H18N2O2/c1-20-11-13(10-16(19)18(21)22)15-9-5-8-14(17(15)20)12-6-3-2-4-7-12/h2-9,11,16H,10,19H2,1H3,(H,21,22). The third-order valence-corrected chi connectivity index (χ3v) is 3.93. The van der Waals surface area contributed by atoms with Gasteiger partial charge in [0.2, 0.25) is 0 Å². The topological polar surface area (TPSA) is 68.2 Å². The van der Waals surface area contributed by atoms with Crippen LogP contribution in [0.2, 0.25) is 0 Å². The number of para-hydroxylation sites is 1. The average molecular weight is 294 g/mol. The van der Waals surface area contributed by atoms with E-state index in [0.717, 1.165) is 27.6 Å². The van der Waals surface area contributed by atoms with E-state index in [1.807, 2.05) is 48.1 Å². The third kappa shape index (κ3) is 2.49. The monoisotopic (exact) mass is 294 g/mol. The molecule has 112 valence electrons. The molecule has 3 rings (SSSR count). The highest BCUT2D eigenvalue weighted by Crippen LogP contribution is 2.31. The Kier molecular flexibility index (Phi) is 3.69. The number of carboxylic acids is 1. The first kappa shape index (κ1) is 14.4. The minimum atomic E-state index is -0.976. The normalized spacial score (nSPS) is 12.5. The highest BCUT2D eigenvalue weighted by Gasteiger charge is 2.17. The van der Waals surface area contributed by atoms with Crippen molar-refractivity contribution in [3.8, 4) is 11.1 Å². The molecule has 3 N–H and O–H groups in total. The predicted molar refractivity (Wildman–Crippen MR) is 87.7 cm³/mol. The number of nitrogens with two attached hydrogens (primary N) is 1. The van der Waals surface area contributed by atoms with Crippen molar-refractivity contribution in [1.29, 1.82) is 0 Å². The second-order valence-corrected chi connectivity index (χ2v) is 5.48. The van der Waals surface area contributed by atoms with Crippen molar-refractivity contribution < 1.29 is 9.90 Å². The van der Waals surface area contributed by atoms with Gasteiger partial charge in [0.05, 0.1) is 5.52 Å². The molecular formula is C18H18N2O2. The van der Waals surface area contributed by atoms with Crippen molar-refractivity contribution in [3.63, 3.8) is 0 Å². The van der Waals surface area contributed by atoms with Gasteiger partial charge in [-0.1, -0.05) is 48.5 Å². The fraction of sp³-hybridized carbons (Fsp3) is 0.167. The van der Waals surface area contributed by atoms with Crippen LogP contribution in [0.3, 0.4) is 0 Å². The molecule has 0 aliphatic rings. The Labute approximate surface area is 128 Å². The minimum absolute atomic E-state index is 0.324. The molecule has 1 atom stereocenters. The average Bonchev–Trinajstić information content (AvgIpc) is 2.84. The van der Waals surface area contributed by atoms with Crippen molar-refractivity contribution in [1.82, 2.24) is 4.57 Å². The molecule has 0 aliphatic carbocycles. The van der Waals surface area contributed by atoms with Crippen molar-refractivity contribution >= 4 is 16.9 Å². The zero-order valence-corrected chi connectivity index (χ0v) is 12.4. The molecule has 1 aromatic heterocycles. The van der Waals surface area contributed by atoms with Gasteiger partial charge in [0.15, 0.2) is 0 Å². The number of aryl methyl sites for hydroxylation is 1. The number of nitrogens with zero attached hydrogens (tertiary/aromatic N) is 1. The van der Waals surface area contributed by atoms with E-state index < -0.39 is 12.0 Å². The fourth-order valence-corrected chi connectivity index (χ4v) is 2.89. The molecule has 0 amide bonds. The first-order chi connectivity index (χ1) is 10.6. The summed E-state index contributed by atoms with van der Waals surface area (Å²) in [5.41, 5.74) is 10.0. The molecule has 0 aliphatic heterocycles. The smallest absolute Gasteiger partial charge is 0.320 e. The van der Waals surface area contributed by atoms with Gasteiger partial charge in [-0.2, -0.15) is 0 Å². The number of hydrogen-bond acceptors (Lipinski definition) is 2. The van der Waals surface area contributed by atoms with Crippen molar-refractivity contribution in [2.45, 2.75) is 12.5 Å². The Morgan fingerprint density at radius 2 is 1.91 bits per heavy atom. The van der Waals surface area contributed by atoms with Crippen LogP contribution in [0.25, 0.3) is 22.0 Å². The lowest BCUT2D eigenvalue weighted by Gasteiger charge is -2.07. The van der Waals surface area contributed by atoms with Gasteiger partial charge < -0.3 is 15.4 Å². The highest BCUT2D eigenvalue weighted by atomic mass is 16.4. The van der Waals surface area contributed by atoms with Gasteiger partial charge >= 0.3 is 5.97 Å². The molecule has 4 nitrogen and oxygen atoms in total. The number of aromatic nitrogens is 1. The lowest BCUT2D eigenvalue weighted by atomic mass is 10.00. The van der Waals surface area contributed by atoms with E-state index >= 15 is 0 Å². The van der Waals surface area contributed by atoms with Crippen LogP contribution in [-0.4, -0.2) is 21.7 Å². The third-order valence-electron chi connectivity index (χ3n) is 3.93. The molecular weight excluding hydrogens is 276 g/mol. The van der Waals surface area contributed by atoms with Crippen LogP contribution in [-0.2, 0) is 18.3 Å². The van der Waals surface area contributed by atoms with Crippen LogP contribution >= 0.6 is 0 Å². The zero-order chi connectivity index (χ0) is 15.7. The molecule has 0 fully saturated rings. The van der Waals surface area contributed by atoms with E-state index in [-0.39, 0.29) is 0 Å². The first-order valence-electron chi connectivity index (χ1n) is 7.18. The molecule has 0 bridgehead atoms. The van der Waals surface area contributed by atoms with Gasteiger partial charge in [0.25, 0.3) is 0 Å². The van der Waals surface area contributed by atoms with Crippen molar-refractivity contribution in [2.24, 2.45) is 12.8 Å². The Morgan fingerprint density at radius 1 is 1.18 bits per heavy atom. The van der Waals surface area contributed by atoms with Crippen LogP contribution in [0, 0.1) is 0 Å². The summed E-state index contributed by atoms with van der Waals surface area (Å²) in [6.45, 7) is 0. The quantitative estimate of drug-likeness (QED) is 0.777. The fourth-order valence-electron chi connectivity index (χ4n) is 2.89. The summed E-state index contributed by atoms with van der Waals surface area (Å²) in [6.07, 6.45) is 2.30. The number of rotatable bonds is 4. The molecule has 1 heterocycles. The van der Waals surface area contributed by atoms with Crippen LogP contribution in [0.4, 0.5) is 0 Å². The number of benzene rings is 2. The lowest BCUT2D eigenvalue weighted by Crippen LogP contribution is -2.32. The Bertz CT molecular complexity index is 822. The van der Waals surface area contributed by atoms with Gasteiger partial charge in [-0.05, 0) is 11.1 Å². The molecule has 0 radical (unpaired) electrons. The summed E-state index contributed by atoms with van der Waals surface area (Å²) in [5.74, 6) is -0.976. The summed E-state index contributed by atoms with van der Waals surface area (Å²) in [7, 11) is 1.98. The maximum absolute atomic E-state index is 11.0. The maximum atomic E-state index is 11.0. The largest absolute Gasteiger partial charge is 0.480 e. The SMILES string of the molecule is Cn1cc(CC(N)C(=O)O)c2cccc(-c3ccccc3)c21. The van der Waals surface area contributed by atoms with E-state index in [1.54, 1.807) is 0 Å². The van der Waals surface area contributed by atoms with Gasteiger partial charge in [0.1, 0.15) is 6.04 Å². The Hall–Kier alpha value is -2.59. The molecule has 2 aromatic carbocycles. The van der Waals surface area contributed by atoms with E-state index in [4.69, 9.17) is 10.8 Å². The maximum Gasteiger partial charge on any atom is 0.320 e. The second-order valence-electron chi connectivity index (χ2n) is 5.48. The zero-order valence-electron chi connectivity index (χ0n) is 12.4. The molecule has 4 heteroatoms. The number of carbonyl (C=O) groups is 1. The van der Waals surface area contributed by atoms with Crippen molar-refractivity contribution in [3.05, 3.63) is 60.3 Å². The van der Waals surface area contributed by atoms with Gasteiger partial charge in [-0.25, -0.2) is 0 Å².